The zero-order chi connectivity index (χ0) is 20.1. The first-order chi connectivity index (χ1) is 14.8. The third-order valence-corrected chi connectivity index (χ3v) is 7.02. The second-order valence-electron chi connectivity index (χ2n) is 7.80. The van der Waals surface area contributed by atoms with E-state index in [1.165, 1.54) is 4.88 Å². The highest BCUT2D eigenvalue weighted by Crippen LogP contribution is 2.46. The Morgan fingerprint density at radius 1 is 0.933 bits per heavy atom. The molecule has 6 heteroatoms. The largest absolute Gasteiger partial charge is 0.454 e. The summed E-state index contributed by atoms with van der Waals surface area (Å²) >= 11 is 1.72. The van der Waals surface area contributed by atoms with Gasteiger partial charge >= 0.3 is 0 Å². The number of para-hydroxylation sites is 2. The van der Waals surface area contributed by atoms with Crippen LogP contribution in [0.2, 0.25) is 0 Å². The molecule has 6 rings (SSSR count). The highest BCUT2D eigenvalue weighted by molar-refractivity contribution is 7.10. The predicted octanol–water partition coefficient (Wildman–Crippen LogP) is 5.46. The number of thiophene rings is 1. The second kappa shape index (κ2) is 6.92. The molecule has 3 aliphatic rings. The molecule has 5 nitrogen and oxygen atoms in total. The van der Waals surface area contributed by atoms with Crippen molar-refractivity contribution in [2.24, 2.45) is 0 Å². The maximum atomic E-state index is 13.5. The Labute approximate surface area is 178 Å². The van der Waals surface area contributed by atoms with Crippen molar-refractivity contribution in [1.29, 1.82) is 0 Å². The van der Waals surface area contributed by atoms with Gasteiger partial charge in [-0.1, -0.05) is 24.3 Å². The van der Waals surface area contributed by atoms with E-state index < -0.39 is 0 Å². The van der Waals surface area contributed by atoms with Crippen molar-refractivity contribution >= 4 is 28.5 Å². The molecule has 150 valence electrons. The van der Waals surface area contributed by atoms with Gasteiger partial charge in [0.2, 0.25) is 6.79 Å². The van der Waals surface area contributed by atoms with Crippen molar-refractivity contribution in [3.63, 3.8) is 0 Å². The summed E-state index contributed by atoms with van der Waals surface area (Å²) in [5.74, 6) is 1.87. The second-order valence-corrected chi connectivity index (χ2v) is 8.78. The third kappa shape index (κ3) is 2.87. The molecule has 0 amide bonds. The first kappa shape index (κ1) is 17.6. The zero-order valence-electron chi connectivity index (χ0n) is 16.2. The molecule has 0 fully saturated rings. The number of anilines is 2. The Hall–Kier alpha value is -3.25. The van der Waals surface area contributed by atoms with Gasteiger partial charge in [0.15, 0.2) is 17.3 Å². The molecular weight excluding hydrogens is 396 g/mol. The summed E-state index contributed by atoms with van der Waals surface area (Å²) in [6.45, 7) is 0.233. The highest BCUT2D eigenvalue weighted by Gasteiger charge is 2.36. The smallest absolute Gasteiger partial charge is 0.231 e. The SMILES string of the molecule is O=C1C[C@@H](c2cccs2)CC2=C1[C@H](c1ccc3c(c1)OCO3)Nc1ccccc1N2. The fourth-order valence-electron chi connectivity index (χ4n) is 4.56. The summed E-state index contributed by atoms with van der Waals surface area (Å²) < 4.78 is 11.1. The minimum Gasteiger partial charge on any atom is -0.454 e. The molecule has 2 N–H and O–H groups in total. The van der Waals surface area contributed by atoms with Crippen LogP contribution in [-0.2, 0) is 4.79 Å². The summed E-state index contributed by atoms with van der Waals surface area (Å²) in [5.41, 5.74) is 4.79. The number of carbonyl (C=O) groups excluding carboxylic acids is 1. The summed E-state index contributed by atoms with van der Waals surface area (Å²) in [6, 6.07) is 18.0. The normalized spacial score (nSPS) is 21.9. The third-order valence-electron chi connectivity index (χ3n) is 5.98. The van der Waals surface area contributed by atoms with E-state index in [2.05, 4.69) is 28.1 Å². The van der Waals surface area contributed by atoms with Crippen LogP contribution in [0.25, 0.3) is 0 Å². The Bertz CT molecular complexity index is 1170. The molecule has 30 heavy (non-hydrogen) atoms. The molecular formula is C24H20N2O3S. The van der Waals surface area contributed by atoms with Crippen LogP contribution in [0, 0.1) is 0 Å². The first-order valence-electron chi connectivity index (χ1n) is 10.1. The molecule has 1 aliphatic carbocycles. The van der Waals surface area contributed by atoms with Crippen LogP contribution in [0.3, 0.4) is 0 Å². The number of ketones is 1. The molecule has 0 bridgehead atoms. The van der Waals surface area contributed by atoms with Gasteiger partial charge in [-0.05, 0) is 47.7 Å². The Balaban J connectivity index is 1.47. The van der Waals surface area contributed by atoms with Crippen molar-refractivity contribution in [2.45, 2.75) is 24.8 Å². The molecule has 3 heterocycles. The van der Waals surface area contributed by atoms with Crippen LogP contribution in [0.15, 0.2) is 71.2 Å². The summed E-state index contributed by atoms with van der Waals surface area (Å²) in [6.07, 6.45) is 1.35. The number of fused-ring (bicyclic) bond motifs is 2. The Morgan fingerprint density at radius 3 is 2.67 bits per heavy atom. The number of allylic oxidation sites excluding steroid dienone is 1. The first-order valence-corrected chi connectivity index (χ1v) is 11.0. The summed E-state index contributed by atoms with van der Waals surface area (Å²) in [7, 11) is 0. The average molecular weight is 417 g/mol. The van der Waals surface area contributed by atoms with Gasteiger partial charge in [-0.25, -0.2) is 0 Å². The van der Waals surface area contributed by atoms with Crippen LogP contribution >= 0.6 is 11.3 Å². The van der Waals surface area contributed by atoms with Crippen molar-refractivity contribution < 1.29 is 14.3 Å². The summed E-state index contributed by atoms with van der Waals surface area (Å²) in [5, 5.41) is 9.27. The van der Waals surface area contributed by atoms with Gasteiger partial charge < -0.3 is 20.1 Å². The van der Waals surface area contributed by atoms with Gasteiger partial charge in [-0.2, -0.15) is 0 Å². The standard InChI is InChI=1S/C24H20N2O3S/c27-19-11-15(22-6-3-9-30-22)10-18-23(19)24(26-17-5-2-1-4-16(17)25-18)14-7-8-20-21(12-14)29-13-28-20/h1-9,12,15,24-26H,10-11,13H2/t15-,24-/m0/s1. The molecule has 2 aliphatic heterocycles. The van der Waals surface area contributed by atoms with E-state index in [4.69, 9.17) is 9.47 Å². The Kier molecular flexibility index (Phi) is 4.06. The molecule has 3 aromatic rings. The van der Waals surface area contributed by atoms with Gasteiger partial charge in [0.1, 0.15) is 0 Å². The lowest BCUT2D eigenvalue weighted by Gasteiger charge is -2.29. The molecule has 0 saturated carbocycles. The number of ether oxygens (including phenoxy) is 2. The lowest BCUT2D eigenvalue weighted by molar-refractivity contribution is -0.116. The van der Waals surface area contributed by atoms with Gasteiger partial charge in [0.25, 0.3) is 0 Å². The fourth-order valence-corrected chi connectivity index (χ4v) is 5.39. The molecule has 0 unspecified atom stereocenters. The van der Waals surface area contributed by atoms with Crippen LogP contribution in [0.1, 0.15) is 35.2 Å². The predicted molar refractivity (Wildman–Crippen MR) is 117 cm³/mol. The van der Waals surface area contributed by atoms with Crippen LogP contribution in [0.5, 0.6) is 11.5 Å². The maximum Gasteiger partial charge on any atom is 0.231 e. The summed E-state index contributed by atoms with van der Waals surface area (Å²) in [4.78, 5) is 14.7. The minimum absolute atomic E-state index is 0.185. The van der Waals surface area contributed by atoms with Crippen molar-refractivity contribution in [3.8, 4) is 11.5 Å². The van der Waals surface area contributed by atoms with E-state index in [9.17, 15) is 4.79 Å². The molecule has 0 radical (unpaired) electrons. The van der Waals surface area contributed by atoms with Gasteiger partial charge in [-0.3, -0.25) is 4.79 Å². The number of rotatable bonds is 2. The average Bonchev–Trinajstić information content (AvgIpc) is 3.42. The minimum atomic E-state index is -0.248. The van der Waals surface area contributed by atoms with E-state index in [0.717, 1.165) is 46.1 Å². The quantitative estimate of drug-likeness (QED) is 0.581. The van der Waals surface area contributed by atoms with E-state index in [-0.39, 0.29) is 24.5 Å². The van der Waals surface area contributed by atoms with Crippen LogP contribution in [0.4, 0.5) is 11.4 Å². The number of carbonyl (C=O) groups is 1. The number of hydrogen-bond acceptors (Lipinski definition) is 6. The maximum absolute atomic E-state index is 13.5. The number of hydrogen-bond donors (Lipinski definition) is 2. The monoisotopic (exact) mass is 416 g/mol. The van der Waals surface area contributed by atoms with E-state index in [1.54, 1.807) is 11.3 Å². The lowest BCUT2D eigenvalue weighted by atomic mass is 9.81. The molecule has 2 aromatic carbocycles. The van der Waals surface area contributed by atoms with Crippen molar-refractivity contribution in [3.05, 3.63) is 81.7 Å². The van der Waals surface area contributed by atoms with Gasteiger partial charge in [0, 0.05) is 28.5 Å². The van der Waals surface area contributed by atoms with Gasteiger partial charge in [0.05, 0.1) is 17.4 Å². The van der Waals surface area contributed by atoms with E-state index >= 15 is 0 Å². The van der Waals surface area contributed by atoms with Crippen molar-refractivity contribution in [1.82, 2.24) is 0 Å². The molecule has 0 spiro atoms. The van der Waals surface area contributed by atoms with Gasteiger partial charge in [-0.15, -0.1) is 11.3 Å². The van der Waals surface area contributed by atoms with Crippen LogP contribution < -0.4 is 20.1 Å². The number of Topliss-reactive ketones (excluding diaryl/α,β-unsaturated/α-hetero) is 1. The van der Waals surface area contributed by atoms with Crippen molar-refractivity contribution in [2.75, 3.05) is 17.4 Å². The zero-order valence-corrected chi connectivity index (χ0v) is 17.0. The lowest BCUT2D eigenvalue weighted by Crippen LogP contribution is -2.26. The number of nitrogens with one attached hydrogen (secondary N) is 2. The Morgan fingerprint density at radius 2 is 1.80 bits per heavy atom. The topological polar surface area (TPSA) is 59.6 Å². The van der Waals surface area contributed by atoms with Crippen LogP contribution in [-0.4, -0.2) is 12.6 Å². The number of benzene rings is 2. The van der Waals surface area contributed by atoms with E-state index in [1.807, 2.05) is 42.5 Å². The highest BCUT2D eigenvalue weighted by atomic mass is 32.1. The molecule has 1 aromatic heterocycles. The van der Waals surface area contributed by atoms with E-state index in [0.29, 0.717) is 6.42 Å². The fraction of sp³-hybridized carbons (Fsp3) is 0.208. The molecule has 0 saturated heterocycles. The molecule has 2 atom stereocenters.